The molecule has 0 spiro atoms. The van der Waals surface area contributed by atoms with Crippen LogP contribution in [0.3, 0.4) is 0 Å². The average molecular weight is 990 g/mol. The third kappa shape index (κ3) is 17.0. The highest BCUT2D eigenvalue weighted by molar-refractivity contribution is 6.13. The first kappa shape index (κ1) is 54.7. The van der Waals surface area contributed by atoms with Crippen LogP contribution in [-0.4, -0.2) is 113 Å². The molecule has 2 aliphatic heterocycles. The van der Waals surface area contributed by atoms with Crippen molar-refractivity contribution in [1.82, 2.24) is 36.1 Å². The van der Waals surface area contributed by atoms with E-state index in [9.17, 15) is 43.2 Å². The third-order valence-corrected chi connectivity index (χ3v) is 11.2. The van der Waals surface area contributed by atoms with E-state index in [1.165, 1.54) is 24.5 Å². The molecule has 0 fully saturated rings. The molecule has 2 aromatic carbocycles. The van der Waals surface area contributed by atoms with E-state index >= 15 is 0 Å². The molecule has 3 aromatic rings. The van der Waals surface area contributed by atoms with Crippen molar-refractivity contribution in [3.05, 3.63) is 101 Å². The minimum atomic E-state index is -0.872. The maximum atomic E-state index is 13.3. The van der Waals surface area contributed by atoms with Gasteiger partial charge in [-0.2, -0.15) is 0 Å². The lowest BCUT2D eigenvalue weighted by molar-refractivity contribution is -0.137. The Hall–Kier alpha value is -8.23. The zero-order valence-corrected chi connectivity index (χ0v) is 41.0. The first-order valence-electron chi connectivity index (χ1n) is 23.9. The number of nitrogens with zero attached hydrogens (tertiary/aromatic N) is 4. The quantitative estimate of drug-likeness (QED) is 0.0469. The maximum absolute atomic E-state index is 13.3. The molecule has 0 bridgehead atoms. The highest BCUT2D eigenvalue weighted by Gasteiger charge is 2.26. The summed E-state index contributed by atoms with van der Waals surface area (Å²) < 4.78 is 5.22. The standard InChI is InChI=1S/C51H63N11O10/c1-5-19-61(20-6-2)50(70)37-23-35-13-14-36(24-40(35)59-41(52)25-37)48(68)58-39-22-34(26-53-28-39)27-54-43(64)29-56-51(71)72-31-33-11-15-38(16-12-33)57-44(65)30-55-49(69)47(32(3)4)60-42(63)10-8-7-9-21-62-45(66)17-18-46(62)67/h11-18,22-24,26,28,32,47H,5-10,19-21,25,27,29-31H2,1-4H3,(H2,52,59)(H,54,64)(H,55,69)(H,56,71)(H,57,65)(H,58,68)(H,60,63). The van der Waals surface area contributed by atoms with Crippen molar-refractivity contribution in [2.75, 3.05) is 43.4 Å². The van der Waals surface area contributed by atoms with E-state index in [1.807, 2.05) is 18.7 Å². The van der Waals surface area contributed by atoms with Crippen LogP contribution in [0.4, 0.5) is 21.9 Å². The number of carbonyl (C=O) groups is 9. The fourth-order valence-corrected chi connectivity index (χ4v) is 7.53. The Balaban J connectivity index is 0.975. The van der Waals surface area contributed by atoms with E-state index in [0.717, 1.165) is 17.7 Å². The topological polar surface area (TPSA) is 293 Å². The Morgan fingerprint density at radius 2 is 1.49 bits per heavy atom. The summed E-state index contributed by atoms with van der Waals surface area (Å²) in [6.45, 7) is 8.30. The fraction of sp³-hybridized carbons (Fsp3) is 0.392. The molecule has 2 aliphatic rings. The molecule has 0 aliphatic carbocycles. The smallest absolute Gasteiger partial charge is 0.407 e. The summed E-state index contributed by atoms with van der Waals surface area (Å²) in [5, 5.41) is 15.8. The van der Waals surface area contributed by atoms with Crippen LogP contribution in [0.15, 0.2) is 83.6 Å². The number of ether oxygens (including phenoxy) is 1. The minimum Gasteiger partial charge on any atom is -0.445 e. The van der Waals surface area contributed by atoms with Gasteiger partial charge in [0, 0.05) is 79.8 Å². The number of imide groups is 1. The first-order valence-corrected chi connectivity index (χ1v) is 23.9. The number of hydrogen-bond acceptors (Lipinski definition) is 13. The van der Waals surface area contributed by atoms with Crippen LogP contribution in [0.25, 0.3) is 6.08 Å². The first-order chi connectivity index (χ1) is 34.5. The molecule has 1 atom stereocenters. The van der Waals surface area contributed by atoms with E-state index < -0.39 is 35.8 Å². The molecule has 1 unspecified atom stereocenters. The molecule has 0 radical (unpaired) electrons. The largest absolute Gasteiger partial charge is 0.445 e. The number of aromatic nitrogens is 1. The number of hydrogen-bond donors (Lipinski definition) is 7. The van der Waals surface area contributed by atoms with E-state index in [1.54, 1.807) is 68.5 Å². The highest BCUT2D eigenvalue weighted by atomic mass is 16.5. The van der Waals surface area contributed by atoms with Gasteiger partial charge in [-0.25, -0.2) is 9.79 Å². The molecule has 5 rings (SSSR count). The molecule has 9 amide bonds. The Morgan fingerprint density at radius 1 is 0.778 bits per heavy atom. The number of benzene rings is 2. The van der Waals surface area contributed by atoms with Crippen molar-refractivity contribution in [2.45, 2.75) is 91.8 Å². The zero-order valence-electron chi connectivity index (χ0n) is 41.0. The number of fused-ring (bicyclic) bond motifs is 1. The van der Waals surface area contributed by atoms with Gasteiger partial charge in [0.1, 0.15) is 25.0 Å². The predicted molar refractivity (Wildman–Crippen MR) is 269 cm³/mol. The molecule has 0 saturated carbocycles. The van der Waals surface area contributed by atoms with Gasteiger partial charge in [0.2, 0.25) is 29.5 Å². The minimum absolute atomic E-state index is 0.0454. The number of amides is 9. The zero-order chi connectivity index (χ0) is 52.2. The second-order valence-corrected chi connectivity index (χ2v) is 17.5. The second-order valence-electron chi connectivity index (χ2n) is 17.5. The Morgan fingerprint density at radius 3 is 2.18 bits per heavy atom. The highest BCUT2D eigenvalue weighted by Crippen LogP contribution is 2.29. The molecule has 0 saturated heterocycles. The summed E-state index contributed by atoms with van der Waals surface area (Å²) in [6, 6.07) is 12.2. The van der Waals surface area contributed by atoms with E-state index in [-0.39, 0.29) is 81.0 Å². The van der Waals surface area contributed by atoms with Crippen LogP contribution in [-0.2, 0) is 51.5 Å². The normalized spacial score (nSPS) is 13.2. The van der Waals surface area contributed by atoms with E-state index in [0.29, 0.717) is 77.2 Å². The Kier molecular flexibility index (Phi) is 20.7. The number of nitrogens with two attached hydrogens (primary N) is 1. The van der Waals surface area contributed by atoms with E-state index in [2.05, 4.69) is 41.9 Å². The van der Waals surface area contributed by atoms with Crippen molar-refractivity contribution in [3.8, 4) is 0 Å². The number of rotatable bonds is 25. The lowest BCUT2D eigenvalue weighted by atomic mass is 10.0. The lowest BCUT2D eigenvalue weighted by Crippen LogP contribution is -2.51. The fourth-order valence-electron chi connectivity index (χ4n) is 7.53. The van der Waals surface area contributed by atoms with Gasteiger partial charge in [0.05, 0.1) is 24.1 Å². The molecule has 72 heavy (non-hydrogen) atoms. The molecule has 382 valence electrons. The van der Waals surface area contributed by atoms with Gasteiger partial charge in [-0.05, 0) is 79.1 Å². The van der Waals surface area contributed by atoms with Crippen molar-refractivity contribution < 1.29 is 47.9 Å². The number of alkyl carbamates (subject to hydrolysis) is 1. The summed E-state index contributed by atoms with van der Waals surface area (Å²) in [7, 11) is 0. The number of aliphatic imine (C=N–C) groups is 1. The number of unbranched alkanes of at least 4 members (excludes halogenated alkanes) is 2. The van der Waals surface area contributed by atoms with Crippen LogP contribution in [0.2, 0.25) is 0 Å². The van der Waals surface area contributed by atoms with Crippen LogP contribution >= 0.6 is 0 Å². The number of pyridine rings is 1. The van der Waals surface area contributed by atoms with Crippen LogP contribution in [0, 0.1) is 5.92 Å². The van der Waals surface area contributed by atoms with Gasteiger partial charge in [-0.15, -0.1) is 0 Å². The van der Waals surface area contributed by atoms with Gasteiger partial charge in [0.15, 0.2) is 0 Å². The van der Waals surface area contributed by atoms with Gasteiger partial charge >= 0.3 is 6.09 Å². The van der Waals surface area contributed by atoms with Gasteiger partial charge in [0.25, 0.3) is 17.7 Å². The van der Waals surface area contributed by atoms with Crippen molar-refractivity contribution >= 4 is 82.3 Å². The second kappa shape index (κ2) is 27.2. The molecule has 21 heteroatoms. The van der Waals surface area contributed by atoms with Gasteiger partial charge in [-0.3, -0.25) is 48.2 Å². The Labute approximate surface area is 417 Å². The summed E-state index contributed by atoms with van der Waals surface area (Å²) in [4.78, 5) is 125. The molecular weight excluding hydrogens is 927 g/mol. The SMILES string of the molecule is CCCN(CCC)C(=O)C1=Cc2ccc(C(=O)Nc3cncc(CNC(=O)CNC(=O)OCc4ccc(NC(=O)CNC(=O)C(NC(=O)CCCCCN5C(=O)C=CC5=O)C(C)C)cc4)c3)cc2N=C(N)C1. The van der Waals surface area contributed by atoms with Crippen molar-refractivity contribution in [2.24, 2.45) is 16.6 Å². The van der Waals surface area contributed by atoms with Gasteiger partial charge in [-0.1, -0.05) is 52.3 Å². The Bertz CT molecular complexity index is 2570. The monoisotopic (exact) mass is 989 g/mol. The maximum Gasteiger partial charge on any atom is 0.407 e. The van der Waals surface area contributed by atoms with Crippen molar-refractivity contribution in [3.63, 3.8) is 0 Å². The van der Waals surface area contributed by atoms with Gasteiger partial charge < -0.3 is 47.3 Å². The number of anilines is 2. The predicted octanol–water partition coefficient (Wildman–Crippen LogP) is 3.98. The molecule has 8 N–H and O–H groups in total. The third-order valence-electron chi connectivity index (χ3n) is 11.2. The van der Waals surface area contributed by atoms with Crippen LogP contribution < -0.4 is 37.6 Å². The number of carbonyl (C=O) groups excluding carboxylic acids is 9. The summed E-state index contributed by atoms with van der Waals surface area (Å²) >= 11 is 0. The number of nitrogens with one attached hydrogen (secondary N) is 6. The van der Waals surface area contributed by atoms with Crippen LogP contribution in [0.1, 0.15) is 99.7 Å². The molecule has 3 heterocycles. The number of amidine groups is 1. The summed E-state index contributed by atoms with van der Waals surface area (Å²) in [5.74, 6) is -3.09. The summed E-state index contributed by atoms with van der Waals surface area (Å²) in [6.07, 6.45) is 10.0. The molecular formula is C51H63N11O10. The molecule has 21 nitrogen and oxygen atoms in total. The lowest BCUT2D eigenvalue weighted by Gasteiger charge is -2.22. The average Bonchev–Trinajstić information content (AvgIpc) is 3.57. The van der Waals surface area contributed by atoms with Crippen molar-refractivity contribution in [1.29, 1.82) is 0 Å². The molecule has 1 aromatic heterocycles. The van der Waals surface area contributed by atoms with Crippen LogP contribution in [0.5, 0.6) is 0 Å². The van der Waals surface area contributed by atoms with E-state index in [4.69, 9.17) is 10.5 Å². The summed E-state index contributed by atoms with van der Waals surface area (Å²) in [5.41, 5.74) is 10.1.